The number of hydrogen-bond donors (Lipinski definition) is 3. The van der Waals surface area contributed by atoms with Crippen LogP contribution in [0.5, 0.6) is 0 Å². The van der Waals surface area contributed by atoms with Crippen molar-refractivity contribution in [1.29, 1.82) is 0 Å². The van der Waals surface area contributed by atoms with Gasteiger partial charge in [0.25, 0.3) is 11.8 Å². The quantitative estimate of drug-likeness (QED) is 0.0692. The van der Waals surface area contributed by atoms with Gasteiger partial charge in [-0.2, -0.15) is 0 Å². The molecule has 0 fully saturated rings. The van der Waals surface area contributed by atoms with Crippen LogP contribution < -0.4 is 16.0 Å². The molecule has 1 aliphatic carbocycles. The molecular weight excluding hydrogens is 715 g/mol. The summed E-state index contributed by atoms with van der Waals surface area (Å²) in [5.41, 5.74) is 4.44. The maximum Gasteiger partial charge on any atom is 0.341 e. The van der Waals surface area contributed by atoms with Crippen molar-refractivity contribution in [3.63, 3.8) is 0 Å². The highest BCUT2D eigenvalue weighted by atomic mass is 32.2. The Morgan fingerprint density at radius 1 is 0.833 bits per heavy atom. The highest BCUT2D eigenvalue weighted by Gasteiger charge is 2.30. The Bertz CT molecular complexity index is 2370. The van der Waals surface area contributed by atoms with Gasteiger partial charge in [0, 0.05) is 21.0 Å². The van der Waals surface area contributed by atoms with Crippen molar-refractivity contribution < 1.29 is 23.9 Å². The zero-order valence-corrected chi connectivity index (χ0v) is 31.1. The summed E-state index contributed by atoms with van der Waals surface area (Å²) in [6.45, 7) is 0. The summed E-state index contributed by atoms with van der Waals surface area (Å²) in [6, 6.07) is 39.9. The number of carbonyl (C=O) groups excluding carboxylic acids is 4. The lowest BCUT2D eigenvalue weighted by Gasteiger charge is -2.22. The van der Waals surface area contributed by atoms with Crippen molar-refractivity contribution in [2.45, 2.75) is 30.1 Å². The van der Waals surface area contributed by atoms with Crippen molar-refractivity contribution in [1.82, 2.24) is 5.32 Å². The van der Waals surface area contributed by atoms with Crippen LogP contribution in [0.3, 0.4) is 0 Å². The smallest absolute Gasteiger partial charge is 0.341 e. The Morgan fingerprint density at radius 3 is 2.35 bits per heavy atom. The summed E-state index contributed by atoms with van der Waals surface area (Å²) >= 11 is 2.75. The summed E-state index contributed by atoms with van der Waals surface area (Å²) in [7, 11) is 1.36. The number of amides is 3. The van der Waals surface area contributed by atoms with Gasteiger partial charge >= 0.3 is 5.97 Å². The summed E-state index contributed by atoms with van der Waals surface area (Å²) < 4.78 is 5.13. The van der Waals surface area contributed by atoms with E-state index in [1.807, 2.05) is 72.8 Å². The molecule has 0 aliphatic heterocycles. The minimum Gasteiger partial charge on any atom is -0.465 e. The fourth-order valence-corrected chi connectivity index (χ4v) is 8.74. The average molecular weight is 752 g/mol. The number of benzene rings is 5. The molecule has 54 heavy (non-hydrogen) atoms. The highest BCUT2D eigenvalue weighted by Crippen LogP contribution is 2.43. The average Bonchev–Trinajstić information content (AvgIpc) is 3.57. The molecule has 1 aromatic heterocycles. The lowest BCUT2D eigenvalue weighted by molar-refractivity contribution is -0.114. The molecule has 1 aliphatic rings. The second kappa shape index (κ2) is 16.8. The zero-order chi connectivity index (χ0) is 37.4. The van der Waals surface area contributed by atoms with Gasteiger partial charge in [-0.15, -0.1) is 23.1 Å². The third-order valence-electron chi connectivity index (χ3n) is 9.29. The van der Waals surface area contributed by atoms with Crippen LogP contribution in [0, 0.1) is 0 Å². The molecule has 6 aromatic rings. The first-order valence-corrected chi connectivity index (χ1v) is 19.3. The molecule has 8 nitrogen and oxygen atoms in total. The number of anilines is 2. The van der Waals surface area contributed by atoms with Gasteiger partial charge < -0.3 is 20.7 Å². The molecule has 10 heteroatoms. The van der Waals surface area contributed by atoms with Crippen molar-refractivity contribution in [2.75, 3.05) is 23.5 Å². The minimum atomic E-state index is -0.501. The maximum atomic E-state index is 13.8. The number of carbonyl (C=O) groups is 4. The molecule has 0 saturated carbocycles. The van der Waals surface area contributed by atoms with Crippen LogP contribution in [0.4, 0.5) is 10.7 Å². The molecule has 3 N–H and O–H groups in total. The molecule has 7 rings (SSSR count). The minimum absolute atomic E-state index is 0.0760. The summed E-state index contributed by atoms with van der Waals surface area (Å²) in [4.78, 5) is 55.0. The highest BCUT2D eigenvalue weighted by molar-refractivity contribution is 8.00. The van der Waals surface area contributed by atoms with Gasteiger partial charge in [0.2, 0.25) is 5.91 Å². The van der Waals surface area contributed by atoms with Crippen LogP contribution in [0.15, 0.2) is 138 Å². The van der Waals surface area contributed by atoms with Crippen LogP contribution in [0.1, 0.15) is 54.6 Å². The van der Waals surface area contributed by atoms with Crippen molar-refractivity contribution in [3.8, 4) is 0 Å². The Morgan fingerprint density at radius 2 is 1.56 bits per heavy atom. The zero-order valence-electron chi connectivity index (χ0n) is 29.5. The number of esters is 1. The van der Waals surface area contributed by atoms with Gasteiger partial charge in [-0.25, -0.2) is 4.79 Å². The van der Waals surface area contributed by atoms with E-state index in [1.54, 1.807) is 48.5 Å². The molecule has 1 unspecified atom stereocenters. The van der Waals surface area contributed by atoms with Gasteiger partial charge in [-0.3, -0.25) is 14.4 Å². The van der Waals surface area contributed by atoms with E-state index in [4.69, 9.17) is 4.74 Å². The van der Waals surface area contributed by atoms with Gasteiger partial charge in [-0.1, -0.05) is 97.1 Å². The largest absolute Gasteiger partial charge is 0.465 e. The third kappa shape index (κ3) is 8.46. The Labute approximate surface area is 321 Å². The predicted molar refractivity (Wildman–Crippen MR) is 217 cm³/mol. The van der Waals surface area contributed by atoms with E-state index in [0.29, 0.717) is 27.7 Å². The standard InChI is InChI=1S/C44H37N3O5S2/c1-52-44(51)40-36-23-22-31(28-12-4-2-5-13-28)25-38(36)54-43(40)47-39(48)27-53-34-20-11-19-33(26-34)45-42(50)37(46-41(49)30-15-6-3-7-16-30)24-32-18-10-17-29-14-8-9-21-35(29)32/h2-21,24,26,31H,22-23,25,27H2,1H3,(H,45,50)(H,46,49)(H,47,48)/b37-24+. The first kappa shape index (κ1) is 36.4. The second-order valence-corrected chi connectivity index (χ2v) is 15.0. The molecule has 0 bridgehead atoms. The van der Waals surface area contributed by atoms with Gasteiger partial charge in [0.1, 0.15) is 10.7 Å². The molecule has 1 heterocycles. The van der Waals surface area contributed by atoms with E-state index >= 15 is 0 Å². The normalized spacial score (nSPS) is 13.8. The van der Waals surface area contributed by atoms with E-state index in [-0.39, 0.29) is 17.4 Å². The monoisotopic (exact) mass is 751 g/mol. The molecule has 1 atom stereocenters. The van der Waals surface area contributed by atoms with E-state index in [1.165, 1.54) is 35.8 Å². The first-order valence-electron chi connectivity index (χ1n) is 17.5. The van der Waals surface area contributed by atoms with Crippen LogP contribution in [-0.2, 0) is 27.2 Å². The number of methoxy groups -OCH3 is 1. The van der Waals surface area contributed by atoms with Gasteiger partial charge in [-0.05, 0) is 89.1 Å². The van der Waals surface area contributed by atoms with Crippen LogP contribution >= 0.6 is 23.1 Å². The van der Waals surface area contributed by atoms with E-state index < -0.39 is 17.8 Å². The lowest BCUT2D eigenvalue weighted by Crippen LogP contribution is -2.30. The number of nitrogens with one attached hydrogen (secondary N) is 3. The first-order chi connectivity index (χ1) is 26.4. The number of ether oxygens (including phenoxy) is 1. The number of fused-ring (bicyclic) bond motifs is 2. The molecule has 270 valence electrons. The van der Waals surface area contributed by atoms with Crippen molar-refractivity contribution in [3.05, 3.63) is 166 Å². The summed E-state index contributed by atoms with van der Waals surface area (Å²) in [5, 5.41) is 11.2. The molecule has 0 saturated heterocycles. The Balaban J connectivity index is 1.05. The Kier molecular flexibility index (Phi) is 11.3. The molecule has 3 amide bonds. The maximum absolute atomic E-state index is 13.8. The van der Waals surface area contributed by atoms with Gasteiger partial charge in [0.15, 0.2) is 0 Å². The fraction of sp³-hybridized carbons (Fsp3) is 0.136. The van der Waals surface area contributed by atoms with Crippen molar-refractivity contribution in [2.24, 2.45) is 0 Å². The molecule has 0 spiro atoms. The second-order valence-electron chi connectivity index (χ2n) is 12.8. The number of rotatable bonds is 11. The number of thiophene rings is 1. The SMILES string of the molecule is COC(=O)c1c(NC(=O)CSc2cccc(NC(=O)/C(=C\c3cccc4ccccc34)NC(=O)c3ccccc3)c2)sc2c1CCC(c1ccccc1)C2. The lowest BCUT2D eigenvalue weighted by atomic mass is 9.83. The Hall–Kier alpha value is -5.97. The van der Waals surface area contributed by atoms with E-state index in [2.05, 4.69) is 28.1 Å². The van der Waals surface area contributed by atoms with Crippen molar-refractivity contribution >= 4 is 74.3 Å². The van der Waals surface area contributed by atoms with Crippen LogP contribution in [0.25, 0.3) is 16.8 Å². The van der Waals surface area contributed by atoms with Gasteiger partial charge in [0.05, 0.1) is 18.4 Å². The molecule has 0 radical (unpaired) electrons. The molecule has 5 aromatic carbocycles. The fourth-order valence-electron chi connectivity index (χ4n) is 6.65. The van der Waals surface area contributed by atoms with E-state index in [0.717, 1.165) is 50.9 Å². The van der Waals surface area contributed by atoms with E-state index in [9.17, 15) is 19.2 Å². The predicted octanol–water partition coefficient (Wildman–Crippen LogP) is 9.10. The van der Waals surface area contributed by atoms with Crippen LogP contribution in [0.2, 0.25) is 0 Å². The summed E-state index contributed by atoms with van der Waals surface area (Å²) in [6.07, 6.45) is 4.11. The summed E-state index contributed by atoms with van der Waals surface area (Å²) in [5.74, 6) is -1.21. The number of hydrogen-bond acceptors (Lipinski definition) is 7. The topological polar surface area (TPSA) is 114 Å². The third-order valence-corrected chi connectivity index (χ3v) is 11.5. The molecular formula is C44H37N3O5S2. The van der Waals surface area contributed by atoms with Crippen LogP contribution in [-0.4, -0.2) is 36.6 Å². The number of thioether (sulfide) groups is 1.